The maximum Gasteiger partial charge on any atom is 0.123 e. The predicted octanol–water partition coefficient (Wildman–Crippen LogP) is 2.34. The normalized spacial score (nSPS) is 30.8. The molecule has 0 radical (unpaired) electrons. The van der Waals surface area contributed by atoms with Crippen LogP contribution in [0.15, 0.2) is 24.3 Å². The highest BCUT2D eigenvalue weighted by molar-refractivity contribution is 5.55. The maximum absolute atomic E-state index is 10.6. The highest BCUT2D eigenvalue weighted by Crippen LogP contribution is 2.28. The van der Waals surface area contributed by atoms with E-state index in [9.17, 15) is 4.79 Å². The number of hydrogen-bond acceptors (Lipinski definition) is 1. The van der Waals surface area contributed by atoms with Gasteiger partial charge in [0.2, 0.25) is 0 Å². The monoisotopic (exact) mass is 150 g/mol. The van der Waals surface area contributed by atoms with E-state index in [4.69, 9.17) is 0 Å². The molecule has 1 heteroatoms. The first-order chi connectivity index (χ1) is 5.27. The van der Waals surface area contributed by atoms with E-state index in [2.05, 4.69) is 19.6 Å². The van der Waals surface area contributed by atoms with Crippen LogP contribution in [0.1, 0.15) is 19.8 Å². The molecule has 2 atom stereocenters. The van der Waals surface area contributed by atoms with E-state index < -0.39 is 0 Å². The van der Waals surface area contributed by atoms with Crippen molar-refractivity contribution >= 4 is 6.29 Å². The van der Waals surface area contributed by atoms with Gasteiger partial charge in [0.05, 0.1) is 0 Å². The molecule has 0 saturated heterocycles. The largest absolute Gasteiger partial charge is 0.303 e. The van der Waals surface area contributed by atoms with Gasteiger partial charge < -0.3 is 4.79 Å². The molecular formula is C10H14O. The average molecular weight is 150 g/mol. The van der Waals surface area contributed by atoms with Crippen LogP contribution < -0.4 is 0 Å². The fourth-order valence-corrected chi connectivity index (χ4v) is 1.53. The Kier molecular flexibility index (Phi) is 2.64. The molecule has 0 amide bonds. The lowest BCUT2D eigenvalue weighted by molar-refractivity contribution is -0.112. The zero-order valence-corrected chi connectivity index (χ0v) is 6.92. The molecule has 0 N–H and O–H groups in total. The Balaban J connectivity index is 2.69. The minimum atomic E-state index is 0.177. The second-order valence-electron chi connectivity index (χ2n) is 3.19. The van der Waals surface area contributed by atoms with E-state index in [-0.39, 0.29) is 5.92 Å². The molecule has 0 heterocycles. The van der Waals surface area contributed by atoms with Crippen molar-refractivity contribution in [1.29, 1.82) is 0 Å². The number of hydrogen-bond donors (Lipinski definition) is 0. The first-order valence-electron chi connectivity index (χ1n) is 4.01. The Morgan fingerprint density at radius 1 is 1.64 bits per heavy atom. The van der Waals surface area contributed by atoms with Crippen LogP contribution in [0.25, 0.3) is 0 Å². The summed E-state index contributed by atoms with van der Waals surface area (Å²) in [5, 5.41) is 0. The SMILES string of the molecule is C=CC1CC(C)=CCC1C=O. The summed E-state index contributed by atoms with van der Waals surface area (Å²) in [5.74, 6) is 0.550. The number of aldehydes is 1. The highest BCUT2D eigenvalue weighted by atomic mass is 16.1. The third kappa shape index (κ3) is 1.79. The highest BCUT2D eigenvalue weighted by Gasteiger charge is 2.20. The van der Waals surface area contributed by atoms with Crippen LogP contribution in [-0.4, -0.2) is 6.29 Å². The molecule has 0 saturated carbocycles. The predicted molar refractivity (Wildman–Crippen MR) is 46.2 cm³/mol. The molecule has 0 aromatic rings. The second-order valence-corrected chi connectivity index (χ2v) is 3.19. The van der Waals surface area contributed by atoms with Crippen molar-refractivity contribution in [2.45, 2.75) is 19.8 Å². The summed E-state index contributed by atoms with van der Waals surface area (Å²) < 4.78 is 0. The van der Waals surface area contributed by atoms with E-state index in [0.29, 0.717) is 5.92 Å². The van der Waals surface area contributed by atoms with Crippen molar-refractivity contribution in [3.05, 3.63) is 24.3 Å². The van der Waals surface area contributed by atoms with E-state index in [1.165, 1.54) is 5.57 Å². The van der Waals surface area contributed by atoms with Gasteiger partial charge in [-0.3, -0.25) is 0 Å². The lowest BCUT2D eigenvalue weighted by atomic mass is 9.81. The summed E-state index contributed by atoms with van der Waals surface area (Å²) >= 11 is 0. The van der Waals surface area contributed by atoms with E-state index in [0.717, 1.165) is 19.1 Å². The van der Waals surface area contributed by atoms with Gasteiger partial charge in [-0.05, 0) is 25.7 Å². The van der Waals surface area contributed by atoms with Gasteiger partial charge in [0.15, 0.2) is 0 Å². The second kappa shape index (κ2) is 3.51. The molecular weight excluding hydrogens is 136 g/mol. The fourth-order valence-electron chi connectivity index (χ4n) is 1.53. The number of allylic oxidation sites excluding steroid dienone is 3. The van der Waals surface area contributed by atoms with Crippen LogP contribution in [0.5, 0.6) is 0 Å². The number of carbonyl (C=O) groups excluding carboxylic acids is 1. The molecule has 1 rings (SSSR count). The Hall–Kier alpha value is -0.850. The van der Waals surface area contributed by atoms with Crippen LogP contribution >= 0.6 is 0 Å². The molecule has 0 aromatic carbocycles. The number of carbonyl (C=O) groups is 1. The van der Waals surface area contributed by atoms with E-state index in [1.807, 2.05) is 6.08 Å². The van der Waals surface area contributed by atoms with Gasteiger partial charge in [-0.15, -0.1) is 6.58 Å². The summed E-state index contributed by atoms with van der Waals surface area (Å²) in [6.45, 7) is 5.84. The van der Waals surface area contributed by atoms with Crippen molar-refractivity contribution in [2.24, 2.45) is 11.8 Å². The molecule has 1 nitrogen and oxygen atoms in total. The van der Waals surface area contributed by atoms with Gasteiger partial charge in [0.1, 0.15) is 6.29 Å². The molecule has 0 aromatic heterocycles. The van der Waals surface area contributed by atoms with Crippen molar-refractivity contribution in [3.8, 4) is 0 Å². The molecule has 11 heavy (non-hydrogen) atoms. The molecule has 0 spiro atoms. The maximum atomic E-state index is 10.6. The minimum Gasteiger partial charge on any atom is -0.303 e. The number of rotatable bonds is 2. The van der Waals surface area contributed by atoms with Crippen LogP contribution in [0, 0.1) is 11.8 Å². The molecule has 1 aliphatic carbocycles. The van der Waals surface area contributed by atoms with Gasteiger partial charge in [-0.25, -0.2) is 0 Å². The first kappa shape index (κ1) is 8.25. The lowest BCUT2D eigenvalue weighted by Crippen LogP contribution is -2.17. The Labute approximate surface area is 67.8 Å². The quantitative estimate of drug-likeness (QED) is 0.436. The van der Waals surface area contributed by atoms with Crippen molar-refractivity contribution < 1.29 is 4.79 Å². The summed E-state index contributed by atoms with van der Waals surface area (Å²) in [7, 11) is 0. The molecule has 0 aliphatic heterocycles. The van der Waals surface area contributed by atoms with Crippen molar-refractivity contribution in [2.75, 3.05) is 0 Å². The summed E-state index contributed by atoms with van der Waals surface area (Å²) in [4.78, 5) is 10.6. The summed E-state index contributed by atoms with van der Waals surface area (Å²) in [5.41, 5.74) is 1.38. The molecule has 0 fully saturated rings. The lowest BCUT2D eigenvalue weighted by Gasteiger charge is -2.23. The van der Waals surface area contributed by atoms with Gasteiger partial charge in [-0.2, -0.15) is 0 Å². The zero-order valence-electron chi connectivity index (χ0n) is 6.92. The van der Waals surface area contributed by atoms with Crippen LogP contribution in [0.2, 0.25) is 0 Å². The van der Waals surface area contributed by atoms with Crippen molar-refractivity contribution in [3.63, 3.8) is 0 Å². The topological polar surface area (TPSA) is 17.1 Å². The van der Waals surface area contributed by atoms with Gasteiger partial charge in [-0.1, -0.05) is 17.7 Å². The van der Waals surface area contributed by atoms with Gasteiger partial charge in [0.25, 0.3) is 0 Å². The average Bonchev–Trinajstić information content (AvgIpc) is 2.04. The van der Waals surface area contributed by atoms with Gasteiger partial charge >= 0.3 is 0 Å². The van der Waals surface area contributed by atoms with Crippen molar-refractivity contribution in [1.82, 2.24) is 0 Å². The Morgan fingerprint density at radius 3 is 2.91 bits per heavy atom. The Bertz CT molecular complexity index is 191. The first-order valence-corrected chi connectivity index (χ1v) is 4.01. The van der Waals surface area contributed by atoms with E-state index >= 15 is 0 Å². The summed E-state index contributed by atoms with van der Waals surface area (Å²) in [6.07, 6.45) is 7.00. The summed E-state index contributed by atoms with van der Waals surface area (Å²) in [6, 6.07) is 0. The fraction of sp³-hybridized carbons (Fsp3) is 0.500. The van der Waals surface area contributed by atoms with Gasteiger partial charge in [0, 0.05) is 5.92 Å². The van der Waals surface area contributed by atoms with Crippen LogP contribution in [0.3, 0.4) is 0 Å². The standard InChI is InChI=1S/C10H14O/c1-3-9-6-8(2)4-5-10(9)7-11/h3-4,7,9-10H,1,5-6H2,2H3. The molecule has 60 valence electrons. The molecule has 2 unspecified atom stereocenters. The third-order valence-corrected chi connectivity index (χ3v) is 2.32. The smallest absolute Gasteiger partial charge is 0.123 e. The molecule has 1 aliphatic rings. The zero-order chi connectivity index (χ0) is 8.27. The Morgan fingerprint density at radius 2 is 2.36 bits per heavy atom. The van der Waals surface area contributed by atoms with E-state index in [1.54, 1.807) is 0 Å². The minimum absolute atomic E-state index is 0.177. The third-order valence-electron chi connectivity index (χ3n) is 2.32. The van der Waals surface area contributed by atoms with Crippen LogP contribution in [0.4, 0.5) is 0 Å². The molecule has 0 bridgehead atoms. The van der Waals surface area contributed by atoms with Crippen LogP contribution in [-0.2, 0) is 4.79 Å².